The second-order valence-corrected chi connectivity index (χ2v) is 9.31. The van der Waals surface area contributed by atoms with Gasteiger partial charge in [-0.15, -0.1) is 0 Å². The Morgan fingerprint density at radius 1 is 0.743 bits per heavy atom. The summed E-state index contributed by atoms with van der Waals surface area (Å²) in [6, 6.07) is 36.4. The molecule has 0 amide bonds. The van der Waals surface area contributed by atoms with E-state index in [1.165, 1.54) is 29.8 Å². The second-order valence-electron chi connectivity index (χ2n) is 7.76. The van der Waals surface area contributed by atoms with Gasteiger partial charge in [0.25, 0.3) is 0 Å². The van der Waals surface area contributed by atoms with Crippen molar-refractivity contribution in [3.63, 3.8) is 0 Å². The molecule has 5 nitrogen and oxygen atoms in total. The molecule has 4 aromatic rings. The molecule has 0 aliphatic heterocycles. The van der Waals surface area contributed by atoms with E-state index in [-0.39, 0.29) is 5.56 Å². The molecule has 4 aromatic carbocycles. The molecule has 2 N–H and O–H groups in total. The summed E-state index contributed by atoms with van der Waals surface area (Å²) in [5.41, 5.74) is 8.14. The van der Waals surface area contributed by atoms with Gasteiger partial charge in [0.2, 0.25) is 0 Å². The molecule has 0 radical (unpaired) electrons. The van der Waals surface area contributed by atoms with Gasteiger partial charge >= 0.3 is 15.4 Å². The standard InChI is InChI=1S/C19H18N2.C8H8F2O3S/c1-16-12-14-17(15-13-16)20-21(18-8-4-2-5-9-18)19-10-6-3-7-11-19;9-8(10,14(11,12)13)6-7-4-2-1-3-5-7/h2-15,20H,1H3;1-5H,6H2,(H,11,12,13). The van der Waals surface area contributed by atoms with Crippen molar-refractivity contribution in [1.82, 2.24) is 0 Å². The number of halogens is 2. The molecule has 0 aliphatic carbocycles. The zero-order chi connectivity index (χ0) is 25.3. The normalized spacial score (nSPS) is 11.2. The third-order valence-electron chi connectivity index (χ3n) is 4.95. The van der Waals surface area contributed by atoms with Gasteiger partial charge < -0.3 is 0 Å². The average molecular weight is 497 g/mol. The lowest BCUT2D eigenvalue weighted by molar-refractivity contribution is 0.0813. The zero-order valence-electron chi connectivity index (χ0n) is 19.1. The largest absolute Gasteiger partial charge is 0.373 e. The highest BCUT2D eigenvalue weighted by molar-refractivity contribution is 7.86. The maximum absolute atomic E-state index is 12.8. The topological polar surface area (TPSA) is 69.6 Å². The Kier molecular flexibility index (Phi) is 8.57. The summed E-state index contributed by atoms with van der Waals surface area (Å²) in [7, 11) is -5.33. The first-order valence-electron chi connectivity index (χ1n) is 10.8. The Morgan fingerprint density at radius 3 is 1.60 bits per heavy atom. The number of alkyl halides is 2. The van der Waals surface area contributed by atoms with Crippen molar-refractivity contribution in [2.75, 3.05) is 10.4 Å². The van der Waals surface area contributed by atoms with Crippen LogP contribution in [0.5, 0.6) is 0 Å². The molecular formula is C27H26F2N2O3S. The smallest absolute Gasteiger partial charge is 0.294 e. The molecule has 0 spiro atoms. The van der Waals surface area contributed by atoms with Crippen LogP contribution >= 0.6 is 0 Å². The quantitative estimate of drug-likeness (QED) is 0.216. The van der Waals surface area contributed by atoms with Gasteiger partial charge in [-0.1, -0.05) is 84.4 Å². The molecule has 0 saturated heterocycles. The summed E-state index contributed by atoms with van der Waals surface area (Å²) in [5, 5.41) is -2.04. The number of rotatable bonds is 7. The number of hydrogen-bond acceptors (Lipinski definition) is 4. The summed E-state index contributed by atoms with van der Waals surface area (Å²) in [4.78, 5) is 0. The van der Waals surface area contributed by atoms with Crippen LogP contribution in [0.2, 0.25) is 0 Å². The Morgan fingerprint density at radius 2 is 1.17 bits per heavy atom. The molecule has 0 bridgehead atoms. The number of anilines is 3. The summed E-state index contributed by atoms with van der Waals surface area (Å²) in [6.07, 6.45) is -1.02. The molecule has 0 atom stereocenters. The van der Waals surface area contributed by atoms with E-state index in [4.69, 9.17) is 4.55 Å². The van der Waals surface area contributed by atoms with E-state index in [0.717, 1.165) is 17.1 Å². The van der Waals surface area contributed by atoms with Crippen LogP contribution in [0.3, 0.4) is 0 Å². The van der Waals surface area contributed by atoms with Crippen molar-refractivity contribution in [1.29, 1.82) is 0 Å². The Hall–Kier alpha value is -3.75. The minimum absolute atomic E-state index is 0.148. The first-order valence-corrected chi connectivity index (χ1v) is 12.2. The predicted octanol–water partition coefficient (Wildman–Crippen LogP) is 6.87. The fourth-order valence-electron chi connectivity index (χ4n) is 3.11. The van der Waals surface area contributed by atoms with Gasteiger partial charge in [0, 0.05) is 0 Å². The van der Waals surface area contributed by atoms with Crippen LogP contribution in [0.15, 0.2) is 115 Å². The van der Waals surface area contributed by atoms with E-state index in [1.807, 2.05) is 36.4 Å². The van der Waals surface area contributed by atoms with Crippen LogP contribution < -0.4 is 10.4 Å². The van der Waals surface area contributed by atoms with Gasteiger partial charge in [0.05, 0.1) is 23.5 Å². The second kappa shape index (κ2) is 11.6. The fraction of sp³-hybridized carbons (Fsp3) is 0.111. The average Bonchev–Trinajstić information content (AvgIpc) is 2.85. The predicted molar refractivity (Wildman–Crippen MR) is 136 cm³/mol. The highest BCUT2D eigenvalue weighted by atomic mass is 32.2. The molecule has 182 valence electrons. The van der Waals surface area contributed by atoms with Crippen molar-refractivity contribution in [2.24, 2.45) is 0 Å². The van der Waals surface area contributed by atoms with Gasteiger partial charge in [-0.25, -0.2) is 0 Å². The van der Waals surface area contributed by atoms with Crippen molar-refractivity contribution >= 4 is 27.2 Å². The maximum Gasteiger partial charge on any atom is 0.373 e. The monoisotopic (exact) mass is 496 g/mol. The number of nitrogens with one attached hydrogen (secondary N) is 1. The summed E-state index contributed by atoms with van der Waals surface area (Å²) in [6.45, 7) is 2.09. The number of aryl methyl sites for hydroxylation is 1. The van der Waals surface area contributed by atoms with Crippen LogP contribution in [0, 0.1) is 6.92 Å². The van der Waals surface area contributed by atoms with Crippen molar-refractivity contribution < 1.29 is 21.8 Å². The zero-order valence-corrected chi connectivity index (χ0v) is 19.9. The third kappa shape index (κ3) is 7.63. The molecule has 8 heteroatoms. The Balaban J connectivity index is 0.000000214. The van der Waals surface area contributed by atoms with Gasteiger partial charge in [-0.05, 0) is 48.9 Å². The van der Waals surface area contributed by atoms with Crippen LogP contribution in [-0.4, -0.2) is 18.2 Å². The molecule has 0 saturated carbocycles. The summed E-state index contributed by atoms with van der Waals surface area (Å²) in [5.74, 6) is 0. The van der Waals surface area contributed by atoms with Crippen molar-refractivity contribution in [2.45, 2.75) is 18.6 Å². The van der Waals surface area contributed by atoms with E-state index in [9.17, 15) is 17.2 Å². The van der Waals surface area contributed by atoms with Crippen LogP contribution in [0.25, 0.3) is 0 Å². The number of nitrogens with zero attached hydrogens (tertiary/aromatic N) is 1. The van der Waals surface area contributed by atoms with E-state index >= 15 is 0 Å². The van der Waals surface area contributed by atoms with E-state index in [2.05, 4.69) is 65.9 Å². The number of para-hydroxylation sites is 2. The molecule has 4 rings (SSSR count). The molecule has 0 fully saturated rings. The third-order valence-corrected chi connectivity index (χ3v) is 5.85. The number of hydrazine groups is 1. The van der Waals surface area contributed by atoms with E-state index in [1.54, 1.807) is 6.07 Å². The minimum Gasteiger partial charge on any atom is -0.294 e. The Labute approximate surface area is 204 Å². The lowest BCUT2D eigenvalue weighted by Gasteiger charge is -2.26. The van der Waals surface area contributed by atoms with E-state index < -0.39 is 21.8 Å². The lowest BCUT2D eigenvalue weighted by atomic mass is 10.2. The van der Waals surface area contributed by atoms with Gasteiger partial charge in [0.15, 0.2) is 0 Å². The molecule has 0 unspecified atom stereocenters. The molecule has 35 heavy (non-hydrogen) atoms. The number of hydrogen-bond donors (Lipinski definition) is 2. The highest BCUT2D eigenvalue weighted by Crippen LogP contribution is 2.26. The summed E-state index contributed by atoms with van der Waals surface area (Å²) >= 11 is 0. The molecule has 0 heterocycles. The van der Waals surface area contributed by atoms with Crippen LogP contribution in [0.1, 0.15) is 11.1 Å². The minimum atomic E-state index is -5.33. The SMILES string of the molecule is Cc1ccc(NN(c2ccccc2)c2ccccc2)cc1.O=S(=O)(O)C(F)(F)Cc1ccccc1. The molecule has 0 aliphatic rings. The molecule has 0 aromatic heterocycles. The first kappa shape index (κ1) is 25.9. The summed E-state index contributed by atoms with van der Waals surface area (Å²) < 4.78 is 54.3. The maximum atomic E-state index is 12.8. The van der Waals surface area contributed by atoms with Crippen molar-refractivity contribution in [3.05, 3.63) is 126 Å². The van der Waals surface area contributed by atoms with Crippen molar-refractivity contribution in [3.8, 4) is 0 Å². The number of benzene rings is 4. The van der Waals surface area contributed by atoms with E-state index in [0.29, 0.717) is 0 Å². The highest BCUT2D eigenvalue weighted by Gasteiger charge is 2.43. The van der Waals surface area contributed by atoms with Gasteiger partial charge in [0.1, 0.15) is 0 Å². The fourth-order valence-corrected chi connectivity index (χ4v) is 3.46. The van der Waals surface area contributed by atoms with Crippen LogP contribution in [-0.2, 0) is 16.5 Å². The van der Waals surface area contributed by atoms with Gasteiger partial charge in [-0.3, -0.25) is 15.0 Å². The lowest BCUT2D eigenvalue weighted by Crippen LogP contribution is -2.30. The first-order chi connectivity index (χ1) is 16.7. The Bertz CT molecular complexity index is 1250. The van der Waals surface area contributed by atoms with Gasteiger partial charge in [-0.2, -0.15) is 17.2 Å². The van der Waals surface area contributed by atoms with Crippen LogP contribution in [0.4, 0.5) is 25.8 Å². The molecular weight excluding hydrogens is 470 g/mol.